The highest BCUT2D eigenvalue weighted by atomic mass is 16.4. The molecule has 3 atom stereocenters. The summed E-state index contributed by atoms with van der Waals surface area (Å²) in [5, 5.41) is 29.2. The third-order valence-corrected chi connectivity index (χ3v) is 5.27. The third-order valence-electron chi connectivity index (χ3n) is 5.27. The van der Waals surface area contributed by atoms with Gasteiger partial charge in [0.05, 0.1) is 12.2 Å². The Labute approximate surface area is 163 Å². The minimum Gasteiger partial charge on any atom is -0.481 e. The molecule has 0 fully saturated rings. The maximum Gasteiger partial charge on any atom is 0.303 e. The van der Waals surface area contributed by atoms with E-state index < -0.39 is 18.2 Å². The van der Waals surface area contributed by atoms with Crippen LogP contribution in [-0.4, -0.2) is 39.3 Å². The zero-order chi connectivity index (χ0) is 20.2. The fourth-order valence-electron chi connectivity index (χ4n) is 3.73. The molecule has 0 unspecified atom stereocenters. The second-order valence-corrected chi connectivity index (χ2v) is 7.61. The first-order valence-electron chi connectivity index (χ1n) is 10.4. The van der Waals surface area contributed by atoms with Crippen molar-refractivity contribution in [1.82, 2.24) is 0 Å². The van der Waals surface area contributed by atoms with Gasteiger partial charge in [-0.1, -0.05) is 56.8 Å². The minimum atomic E-state index is -0.766. The van der Waals surface area contributed by atoms with Gasteiger partial charge in [-0.25, -0.2) is 0 Å². The van der Waals surface area contributed by atoms with Crippen molar-refractivity contribution in [3.8, 4) is 0 Å². The Morgan fingerprint density at radius 3 is 2.48 bits per heavy atom. The average molecular weight is 381 g/mol. The average Bonchev–Trinajstić information content (AvgIpc) is 2.92. The monoisotopic (exact) mass is 380 g/mol. The number of Topliss-reactive ketones (excluding diaryl/α,β-unsaturated/α-hetero) is 1. The van der Waals surface area contributed by atoms with Crippen LogP contribution in [0.5, 0.6) is 0 Å². The molecule has 3 N–H and O–H groups in total. The number of hydrogen-bond acceptors (Lipinski definition) is 4. The number of hydrogen-bond donors (Lipinski definition) is 3. The van der Waals surface area contributed by atoms with Crippen molar-refractivity contribution in [2.45, 2.75) is 96.7 Å². The second-order valence-electron chi connectivity index (χ2n) is 7.61. The minimum absolute atomic E-state index is 0.00863. The molecule has 27 heavy (non-hydrogen) atoms. The van der Waals surface area contributed by atoms with E-state index in [1.165, 1.54) is 0 Å². The molecule has 0 aromatic rings. The van der Waals surface area contributed by atoms with Gasteiger partial charge < -0.3 is 15.3 Å². The van der Waals surface area contributed by atoms with Gasteiger partial charge in [0.25, 0.3) is 0 Å². The first-order valence-corrected chi connectivity index (χ1v) is 10.4. The molecular formula is C22H36O5. The van der Waals surface area contributed by atoms with Crippen LogP contribution in [0.1, 0.15) is 84.5 Å². The summed E-state index contributed by atoms with van der Waals surface area (Å²) in [5.74, 6) is -0.962. The maximum absolute atomic E-state index is 12.0. The Hall–Kier alpha value is -1.46. The molecule has 0 aromatic carbocycles. The quantitative estimate of drug-likeness (QED) is 0.310. The molecule has 0 bridgehead atoms. The summed E-state index contributed by atoms with van der Waals surface area (Å²) in [5.41, 5.74) is 1.72. The number of unbranched alkanes of at least 4 members (excludes halogenated alkanes) is 5. The number of carboxylic acids is 1. The highest BCUT2D eigenvalue weighted by molar-refractivity contribution is 5.95. The summed E-state index contributed by atoms with van der Waals surface area (Å²) < 4.78 is 0. The first kappa shape index (κ1) is 23.6. The molecule has 1 aliphatic carbocycles. The van der Waals surface area contributed by atoms with Crippen molar-refractivity contribution in [3.63, 3.8) is 0 Å². The van der Waals surface area contributed by atoms with Crippen molar-refractivity contribution in [2.24, 2.45) is 5.92 Å². The Bertz CT molecular complexity index is 535. The molecule has 0 aromatic heterocycles. The van der Waals surface area contributed by atoms with Crippen molar-refractivity contribution >= 4 is 11.8 Å². The predicted molar refractivity (Wildman–Crippen MR) is 106 cm³/mol. The molecule has 0 amide bonds. The van der Waals surface area contributed by atoms with Gasteiger partial charge in [-0.3, -0.25) is 9.59 Å². The summed E-state index contributed by atoms with van der Waals surface area (Å²) in [6, 6.07) is 0. The zero-order valence-electron chi connectivity index (χ0n) is 16.8. The van der Waals surface area contributed by atoms with E-state index in [0.717, 1.165) is 62.5 Å². The number of rotatable bonds is 14. The van der Waals surface area contributed by atoms with E-state index in [1.807, 2.05) is 6.08 Å². The van der Waals surface area contributed by atoms with Crippen LogP contribution in [-0.2, 0) is 9.59 Å². The number of aliphatic hydroxyl groups excluding tert-OH is 2. The topological polar surface area (TPSA) is 94.8 Å². The van der Waals surface area contributed by atoms with Gasteiger partial charge in [-0.15, -0.1) is 0 Å². The lowest BCUT2D eigenvalue weighted by Crippen LogP contribution is -2.15. The van der Waals surface area contributed by atoms with Crippen molar-refractivity contribution in [1.29, 1.82) is 0 Å². The predicted octanol–water partition coefficient (Wildman–Crippen LogP) is 4.18. The Morgan fingerprint density at radius 2 is 1.85 bits per heavy atom. The number of carbonyl (C=O) groups is 2. The summed E-state index contributed by atoms with van der Waals surface area (Å²) >= 11 is 0. The number of aliphatic hydroxyl groups is 2. The number of carboxylic acid groups (broad SMARTS) is 1. The molecule has 1 rings (SSSR count). The van der Waals surface area contributed by atoms with Crippen LogP contribution in [0.3, 0.4) is 0 Å². The molecule has 5 nitrogen and oxygen atoms in total. The summed E-state index contributed by atoms with van der Waals surface area (Å²) in [7, 11) is 0. The molecule has 0 saturated heterocycles. The zero-order valence-corrected chi connectivity index (χ0v) is 16.8. The van der Waals surface area contributed by atoms with E-state index in [4.69, 9.17) is 5.11 Å². The summed E-state index contributed by atoms with van der Waals surface area (Å²) in [4.78, 5) is 22.5. The fraction of sp³-hybridized carbons (Fsp3) is 0.727. The van der Waals surface area contributed by atoms with E-state index in [-0.39, 0.29) is 18.1 Å². The Morgan fingerprint density at radius 1 is 1.15 bits per heavy atom. The molecule has 1 aliphatic rings. The normalized spacial score (nSPS) is 21.2. The van der Waals surface area contributed by atoms with E-state index in [0.29, 0.717) is 12.8 Å². The molecule has 0 radical (unpaired) electrons. The molecule has 0 saturated carbocycles. The third kappa shape index (κ3) is 8.85. The largest absolute Gasteiger partial charge is 0.481 e. The molecular weight excluding hydrogens is 344 g/mol. The lowest BCUT2D eigenvalue weighted by atomic mass is 9.92. The Kier molecular flexibility index (Phi) is 11.2. The van der Waals surface area contributed by atoms with Crippen LogP contribution in [0.2, 0.25) is 0 Å². The van der Waals surface area contributed by atoms with Gasteiger partial charge in [0.2, 0.25) is 0 Å². The molecule has 0 spiro atoms. The van der Waals surface area contributed by atoms with Crippen molar-refractivity contribution in [2.75, 3.05) is 0 Å². The number of aliphatic carboxylic acids is 1. The van der Waals surface area contributed by atoms with Crippen LogP contribution >= 0.6 is 0 Å². The summed E-state index contributed by atoms with van der Waals surface area (Å²) in [6.45, 7) is 3.67. The maximum atomic E-state index is 12.0. The van der Waals surface area contributed by atoms with Gasteiger partial charge in [-0.05, 0) is 38.2 Å². The molecule has 0 aliphatic heterocycles. The van der Waals surface area contributed by atoms with Crippen LogP contribution in [0.25, 0.3) is 0 Å². The first-order chi connectivity index (χ1) is 12.9. The van der Waals surface area contributed by atoms with E-state index in [9.17, 15) is 19.8 Å². The molecule has 154 valence electrons. The van der Waals surface area contributed by atoms with Gasteiger partial charge in [0.15, 0.2) is 5.78 Å². The number of ketones is 1. The highest BCUT2D eigenvalue weighted by Gasteiger charge is 2.33. The summed E-state index contributed by atoms with van der Waals surface area (Å²) in [6.07, 6.45) is 11.0. The fourth-order valence-corrected chi connectivity index (χ4v) is 3.73. The van der Waals surface area contributed by atoms with Crippen LogP contribution in [0.4, 0.5) is 0 Å². The lowest BCUT2D eigenvalue weighted by Gasteiger charge is -2.16. The standard InChI is InChI=1S/C22H36O5/c1-3-4-7-10-17(24)13-14-19-18(20(16(2)23)15-21(19)25)11-8-5-6-9-12-22(26)27/h13-14,17,19,21,24-25H,3-12,15H2,1-2H3,(H,26,27)/b14-13+/t17-,19+,21+/m0/s1. The second kappa shape index (κ2) is 12.8. The van der Waals surface area contributed by atoms with Gasteiger partial charge in [0.1, 0.15) is 0 Å². The van der Waals surface area contributed by atoms with Crippen LogP contribution in [0, 0.1) is 5.92 Å². The SMILES string of the molecule is CCCCC[C@H](O)/C=C/[C@@H]1C(CCCCCCC(=O)O)=C(C(C)=O)C[C@H]1O. The molecule has 0 heterocycles. The van der Waals surface area contributed by atoms with Gasteiger partial charge in [-0.2, -0.15) is 0 Å². The highest BCUT2D eigenvalue weighted by Crippen LogP contribution is 2.37. The van der Waals surface area contributed by atoms with Crippen LogP contribution in [0.15, 0.2) is 23.3 Å². The smallest absolute Gasteiger partial charge is 0.303 e. The van der Waals surface area contributed by atoms with E-state index >= 15 is 0 Å². The lowest BCUT2D eigenvalue weighted by molar-refractivity contribution is -0.137. The van der Waals surface area contributed by atoms with Crippen LogP contribution < -0.4 is 0 Å². The molecule has 5 heteroatoms. The van der Waals surface area contributed by atoms with E-state index in [2.05, 4.69) is 6.92 Å². The van der Waals surface area contributed by atoms with Gasteiger partial charge >= 0.3 is 5.97 Å². The van der Waals surface area contributed by atoms with Gasteiger partial charge in [0, 0.05) is 18.8 Å². The Balaban J connectivity index is 2.62. The van der Waals surface area contributed by atoms with Crippen molar-refractivity contribution < 1.29 is 24.9 Å². The van der Waals surface area contributed by atoms with E-state index in [1.54, 1.807) is 13.0 Å². The van der Waals surface area contributed by atoms with Crippen molar-refractivity contribution in [3.05, 3.63) is 23.3 Å². The number of carbonyl (C=O) groups excluding carboxylic acids is 1.